The third kappa shape index (κ3) is 5.94. The van der Waals surface area contributed by atoms with Crippen molar-refractivity contribution in [1.82, 2.24) is 9.80 Å². The molecule has 2 amide bonds. The molecule has 6 nitrogen and oxygen atoms in total. The fraction of sp³-hybridized carbons (Fsp3) is 0.480. The highest BCUT2D eigenvalue weighted by Crippen LogP contribution is 2.28. The van der Waals surface area contributed by atoms with Crippen LogP contribution < -0.4 is 10.2 Å². The van der Waals surface area contributed by atoms with E-state index in [4.69, 9.17) is 16.3 Å². The molecule has 0 aromatic heterocycles. The molecule has 1 fully saturated rings. The van der Waals surface area contributed by atoms with Gasteiger partial charge in [0.15, 0.2) is 0 Å². The average Bonchev–Trinajstić information content (AvgIpc) is 2.83. The van der Waals surface area contributed by atoms with Gasteiger partial charge in [-0.15, -0.1) is 0 Å². The first-order valence-electron chi connectivity index (χ1n) is 11.6. The van der Waals surface area contributed by atoms with Gasteiger partial charge in [-0.3, -0.25) is 4.90 Å². The Kier molecular flexibility index (Phi) is 7.90. The van der Waals surface area contributed by atoms with Crippen LogP contribution in [0.25, 0.3) is 0 Å². The molecule has 1 saturated heterocycles. The van der Waals surface area contributed by atoms with Crippen molar-refractivity contribution >= 4 is 29.0 Å². The molecule has 0 aliphatic carbocycles. The maximum absolute atomic E-state index is 13.2. The van der Waals surface area contributed by atoms with Crippen molar-refractivity contribution in [2.24, 2.45) is 0 Å². The quantitative estimate of drug-likeness (QED) is 0.667. The fourth-order valence-electron chi connectivity index (χ4n) is 4.45. The fourth-order valence-corrected chi connectivity index (χ4v) is 4.58. The van der Waals surface area contributed by atoms with Gasteiger partial charge in [-0.05, 0) is 61.2 Å². The molecule has 0 atom stereocenters. The zero-order chi connectivity index (χ0) is 22.3. The highest BCUT2D eigenvalue weighted by atomic mass is 35.5. The second-order valence-corrected chi connectivity index (χ2v) is 8.90. The Morgan fingerprint density at radius 3 is 2.66 bits per heavy atom. The first-order chi connectivity index (χ1) is 15.6. The molecular weight excluding hydrogens is 424 g/mol. The first-order valence-corrected chi connectivity index (χ1v) is 12.0. The number of nitrogens with one attached hydrogen (secondary N) is 1. The van der Waals surface area contributed by atoms with Crippen LogP contribution in [-0.2, 0) is 17.7 Å². The number of halogens is 1. The van der Waals surface area contributed by atoms with E-state index in [0.29, 0.717) is 18.1 Å². The number of hydrogen-bond acceptors (Lipinski definition) is 4. The minimum absolute atomic E-state index is 0.0894. The summed E-state index contributed by atoms with van der Waals surface area (Å²) in [6.45, 7) is 9.80. The van der Waals surface area contributed by atoms with Crippen LogP contribution >= 0.6 is 11.6 Å². The van der Waals surface area contributed by atoms with Gasteiger partial charge >= 0.3 is 6.03 Å². The van der Waals surface area contributed by atoms with E-state index in [9.17, 15) is 4.79 Å². The molecule has 0 saturated carbocycles. The van der Waals surface area contributed by atoms with Crippen LogP contribution in [0.5, 0.6) is 0 Å². The molecule has 2 heterocycles. The number of carbonyl (C=O) groups is 1. The molecule has 0 unspecified atom stereocenters. The van der Waals surface area contributed by atoms with Crippen LogP contribution in [0.1, 0.15) is 24.5 Å². The van der Waals surface area contributed by atoms with E-state index in [2.05, 4.69) is 40.2 Å². The van der Waals surface area contributed by atoms with Crippen LogP contribution in [-0.4, -0.2) is 68.3 Å². The lowest BCUT2D eigenvalue weighted by Gasteiger charge is -2.32. The van der Waals surface area contributed by atoms with Gasteiger partial charge in [-0.2, -0.15) is 0 Å². The highest BCUT2D eigenvalue weighted by molar-refractivity contribution is 6.30. The van der Waals surface area contributed by atoms with E-state index in [1.165, 1.54) is 23.2 Å². The predicted octanol–water partition coefficient (Wildman–Crippen LogP) is 4.48. The molecule has 0 radical (unpaired) electrons. The number of carbonyl (C=O) groups excluding carboxylic acids is 1. The summed E-state index contributed by atoms with van der Waals surface area (Å²) in [6, 6.07) is 13.8. The van der Waals surface area contributed by atoms with Gasteiger partial charge in [0.2, 0.25) is 0 Å². The van der Waals surface area contributed by atoms with Gasteiger partial charge < -0.3 is 19.9 Å². The Morgan fingerprint density at radius 1 is 1.12 bits per heavy atom. The van der Waals surface area contributed by atoms with Gasteiger partial charge in [0.05, 0.1) is 13.2 Å². The lowest BCUT2D eigenvalue weighted by Crippen LogP contribution is -2.44. The van der Waals surface area contributed by atoms with Crippen molar-refractivity contribution in [3.8, 4) is 0 Å². The molecular formula is C25H33ClN4O2. The number of ether oxygens (including phenoxy) is 1. The maximum atomic E-state index is 13.2. The summed E-state index contributed by atoms with van der Waals surface area (Å²) in [7, 11) is 0. The maximum Gasteiger partial charge on any atom is 0.322 e. The van der Waals surface area contributed by atoms with E-state index < -0.39 is 0 Å². The van der Waals surface area contributed by atoms with Gasteiger partial charge in [0, 0.05) is 62.2 Å². The zero-order valence-corrected chi connectivity index (χ0v) is 19.6. The number of rotatable bonds is 7. The molecule has 7 heteroatoms. The summed E-state index contributed by atoms with van der Waals surface area (Å²) < 4.78 is 5.46. The molecule has 2 aromatic rings. The number of hydrogen-bond donors (Lipinski definition) is 1. The third-order valence-corrected chi connectivity index (χ3v) is 6.54. The summed E-state index contributed by atoms with van der Waals surface area (Å²) in [5, 5.41) is 3.69. The second kappa shape index (κ2) is 11.0. The average molecular weight is 457 g/mol. The number of amides is 2. The Hall–Kier alpha value is -2.28. The topological polar surface area (TPSA) is 48.1 Å². The first kappa shape index (κ1) is 22.9. The van der Waals surface area contributed by atoms with Crippen molar-refractivity contribution in [2.75, 3.05) is 62.7 Å². The summed E-state index contributed by atoms with van der Waals surface area (Å²) >= 11 is 5.99. The minimum atomic E-state index is -0.0894. The Bertz CT molecular complexity index is 899. The minimum Gasteiger partial charge on any atom is -0.379 e. The molecule has 2 aliphatic rings. The molecule has 4 rings (SSSR count). The van der Waals surface area contributed by atoms with E-state index in [1.807, 2.05) is 17.0 Å². The van der Waals surface area contributed by atoms with Crippen LogP contribution in [0, 0.1) is 0 Å². The van der Waals surface area contributed by atoms with Crippen LogP contribution in [0.15, 0.2) is 42.5 Å². The van der Waals surface area contributed by atoms with E-state index in [1.54, 1.807) is 12.1 Å². The smallest absolute Gasteiger partial charge is 0.322 e. The lowest BCUT2D eigenvalue weighted by molar-refractivity contribution is 0.0349. The van der Waals surface area contributed by atoms with E-state index in [0.717, 1.165) is 58.0 Å². The van der Waals surface area contributed by atoms with Crippen LogP contribution in [0.2, 0.25) is 5.02 Å². The van der Waals surface area contributed by atoms with Gasteiger partial charge in [0.1, 0.15) is 0 Å². The number of fused-ring (bicyclic) bond motifs is 1. The summed E-state index contributed by atoms with van der Waals surface area (Å²) in [5.74, 6) is 0. The Labute approximate surface area is 196 Å². The van der Waals surface area contributed by atoms with E-state index >= 15 is 0 Å². The molecule has 1 N–H and O–H groups in total. The summed E-state index contributed by atoms with van der Waals surface area (Å²) in [4.78, 5) is 19.9. The monoisotopic (exact) mass is 456 g/mol. The van der Waals surface area contributed by atoms with Crippen molar-refractivity contribution in [3.05, 3.63) is 58.6 Å². The SMILES string of the molecule is CCN1CCCc2cc(CN(CCN3CCOCC3)C(=O)Nc3ccc(Cl)cc3)ccc21. The molecule has 32 heavy (non-hydrogen) atoms. The lowest BCUT2D eigenvalue weighted by atomic mass is 9.99. The highest BCUT2D eigenvalue weighted by Gasteiger charge is 2.20. The molecule has 172 valence electrons. The van der Waals surface area contributed by atoms with Crippen molar-refractivity contribution < 1.29 is 9.53 Å². The number of anilines is 2. The summed E-state index contributed by atoms with van der Waals surface area (Å²) in [5.41, 5.74) is 4.66. The van der Waals surface area contributed by atoms with Crippen molar-refractivity contribution in [2.45, 2.75) is 26.3 Å². The number of morpholine rings is 1. The van der Waals surface area contributed by atoms with Crippen molar-refractivity contribution in [1.29, 1.82) is 0 Å². The Morgan fingerprint density at radius 2 is 1.91 bits per heavy atom. The summed E-state index contributed by atoms with van der Waals surface area (Å²) in [6.07, 6.45) is 2.28. The van der Waals surface area contributed by atoms with Gasteiger partial charge in [-0.1, -0.05) is 23.7 Å². The molecule has 0 bridgehead atoms. The van der Waals surface area contributed by atoms with Crippen LogP contribution in [0.3, 0.4) is 0 Å². The molecule has 2 aromatic carbocycles. The molecule has 0 spiro atoms. The normalized spacial score (nSPS) is 16.5. The molecule has 2 aliphatic heterocycles. The third-order valence-electron chi connectivity index (χ3n) is 6.29. The van der Waals surface area contributed by atoms with Crippen LogP contribution in [0.4, 0.5) is 16.2 Å². The number of nitrogens with zero attached hydrogens (tertiary/aromatic N) is 3. The Balaban J connectivity index is 1.47. The number of benzene rings is 2. The standard InChI is InChI=1S/C25H33ClN4O2/c1-2-29-11-3-4-21-18-20(5-10-24(21)29)19-30(13-12-28-14-16-32-17-15-28)25(31)27-23-8-6-22(26)7-9-23/h5-10,18H,2-4,11-17,19H2,1H3,(H,27,31). The van der Waals surface area contributed by atoms with Gasteiger partial charge in [0.25, 0.3) is 0 Å². The van der Waals surface area contributed by atoms with Gasteiger partial charge in [-0.25, -0.2) is 4.79 Å². The van der Waals surface area contributed by atoms with Crippen molar-refractivity contribution in [3.63, 3.8) is 0 Å². The second-order valence-electron chi connectivity index (χ2n) is 8.46. The number of urea groups is 1. The predicted molar refractivity (Wildman–Crippen MR) is 131 cm³/mol. The number of aryl methyl sites for hydroxylation is 1. The largest absolute Gasteiger partial charge is 0.379 e. The zero-order valence-electron chi connectivity index (χ0n) is 18.9. The van der Waals surface area contributed by atoms with E-state index in [-0.39, 0.29) is 6.03 Å².